The standard InChI is InChI=1S/C13H18F2N4O2/c1-3-16-11-9(14)6-10(15)12(18-11)19-5-4-8(7-19)17-13(20)21-2/h6,8H,3-5,7H2,1-2H3,(H,16,18)(H,17,20). The molecule has 1 fully saturated rings. The molecule has 0 aromatic carbocycles. The van der Waals surface area contributed by atoms with Crippen LogP contribution in [0.15, 0.2) is 6.07 Å². The van der Waals surface area contributed by atoms with Gasteiger partial charge in [-0.05, 0) is 13.3 Å². The lowest BCUT2D eigenvalue weighted by Gasteiger charge is -2.19. The molecule has 6 nitrogen and oxygen atoms in total. The highest BCUT2D eigenvalue weighted by atomic mass is 19.1. The highest BCUT2D eigenvalue weighted by Gasteiger charge is 2.27. The molecule has 1 amide bonds. The lowest BCUT2D eigenvalue weighted by atomic mass is 10.3. The van der Waals surface area contributed by atoms with Crippen LogP contribution in [0.1, 0.15) is 13.3 Å². The number of methoxy groups -OCH3 is 1. The van der Waals surface area contributed by atoms with Gasteiger partial charge in [-0.25, -0.2) is 18.6 Å². The Morgan fingerprint density at radius 2 is 2.29 bits per heavy atom. The quantitative estimate of drug-likeness (QED) is 0.886. The summed E-state index contributed by atoms with van der Waals surface area (Å²) >= 11 is 0. The molecule has 0 saturated carbocycles. The van der Waals surface area contributed by atoms with Crippen molar-refractivity contribution in [3.8, 4) is 0 Å². The number of nitrogens with one attached hydrogen (secondary N) is 2. The molecule has 2 rings (SSSR count). The second kappa shape index (κ2) is 6.55. The molecule has 2 N–H and O–H groups in total. The minimum Gasteiger partial charge on any atom is -0.453 e. The van der Waals surface area contributed by atoms with Gasteiger partial charge in [-0.3, -0.25) is 0 Å². The summed E-state index contributed by atoms with van der Waals surface area (Å²) in [5.41, 5.74) is 0. The first kappa shape index (κ1) is 15.3. The molecule has 1 aromatic heterocycles. The number of carbonyl (C=O) groups excluding carboxylic acids is 1. The van der Waals surface area contributed by atoms with Crippen molar-refractivity contribution >= 4 is 17.7 Å². The van der Waals surface area contributed by atoms with Gasteiger partial charge in [0.25, 0.3) is 0 Å². The molecule has 21 heavy (non-hydrogen) atoms. The summed E-state index contributed by atoms with van der Waals surface area (Å²) in [4.78, 5) is 16.8. The van der Waals surface area contributed by atoms with Crippen molar-refractivity contribution in [1.82, 2.24) is 10.3 Å². The molecular formula is C13H18F2N4O2. The predicted molar refractivity (Wildman–Crippen MR) is 74.5 cm³/mol. The van der Waals surface area contributed by atoms with Gasteiger partial charge in [-0.1, -0.05) is 0 Å². The third-order valence-corrected chi connectivity index (χ3v) is 3.25. The lowest BCUT2D eigenvalue weighted by molar-refractivity contribution is 0.167. The molecule has 8 heteroatoms. The number of anilines is 2. The molecule has 0 spiro atoms. The summed E-state index contributed by atoms with van der Waals surface area (Å²) in [5.74, 6) is -1.32. The van der Waals surface area contributed by atoms with E-state index in [1.165, 1.54) is 7.11 Å². The van der Waals surface area contributed by atoms with E-state index in [1.807, 2.05) is 0 Å². The number of carbonyl (C=O) groups is 1. The number of rotatable bonds is 4. The molecule has 0 radical (unpaired) electrons. The Balaban J connectivity index is 2.12. The van der Waals surface area contributed by atoms with Crippen molar-refractivity contribution in [1.29, 1.82) is 0 Å². The van der Waals surface area contributed by atoms with E-state index < -0.39 is 17.7 Å². The maximum Gasteiger partial charge on any atom is 0.407 e. The van der Waals surface area contributed by atoms with E-state index in [2.05, 4.69) is 20.4 Å². The fourth-order valence-corrected chi connectivity index (χ4v) is 2.27. The SMILES string of the molecule is CCNc1nc(N2CCC(NC(=O)OC)C2)c(F)cc1F. The number of hydrogen-bond donors (Lipinski definition) is 2. The van der Waals surface area contributed by atoms with E-state index in [9.17, 15) is 13.6 Å². The van der Waals surface area contributed by atoms with Crippen molar-refractivity contribution in [3.63, 3.8) is 0 Å². The molecule has 1 aliphatic rings. The summed E-state index contributed by atoms with van der Waals surface area (Å²) in [6.07, 6.45) is 0.118. The number of aromatic nitrogens is 1. The Kier molecular flexibility index (Phi) is 4.77. The number of halogens is 2. The van der Waals surface area contributed by atoms with Crippen LogP contribution in [0.25, 0.3) is 0 Å². The van der Waals surface area contributed by atoms with Gasteiger partial charge in [-0.15, -0.1) is 0 Å². The maximum absolute atomic E-state index is 13.9. The smallest absolute Gasteiger partial charge is 0.407 e. The van der Waals surface area contributed by atoms with E-state index in [0.717, 1.165) is 6.07 Å². The van der Waals surface area contributed by atoms with Crippen molar-refractivity contribution < 1.29 is 18.3 Å². The summed E-state index contributed by atoms with van der Waals surface area (Å²) in [5, 5.41) is 5.41. The van der Waals surface area contributed by atoms with Crippen molar-refractivity contribution in [3.05, 3.63) is 17.7 Å². The van der Waals surface area contributed by atoms with Crippen molar-refractivity contribution in [2.45, 2.75) is 19.4 Å². The van der Waals surface area contributed by atoms with E-state index in [1.54, 1.807) is 11.8 Å². The Bertz CT molecular complexity index is 527. The maximum atomic E-state index is 13.9. The first-order valence-electron chi connectivity index (χ1n) is 6.74. The topological polar surface area (TPSA) is 66.5 Å². The first-order valence-corrected chi connectivity index (χ1v) is 6.74. The second-order valence-electron chi connectivity index (χ2n) is 4.72. The van der Waals surface area contributed by atoms with Crippen molar-refractivity contribution in [2.24, 2.45) is 0 Å². The van der Waals surface area contributed by atoms with Crippen LogP contribution in [-0.2, 0) is 4.74 Å². The Labute approximate surface area is 121 Å². The van der Waals surface area contributed by atoms with Crippen LogP contribution in [-0.4, -0.2) is 43.9 Å². The van der Waals surface area contributed by atoms with Crippen molar-refractivity contribution in [2.75, 3.05) is 37.0 Å². The average molecular weight is 300 g/mol. The zero-order chi connectivity index (χ0) is 15.4. The molecule has 2 heterocycles. The summed E-state index contributed by atoms with van der Waals surface area (Å²) in [6.45, 7) is 3.21. The van der Waals surface area contributed by atoms with Crippen LogP contribution in [0, 0.1) is 11.6 Å². The molecule has 1 aromatic rings. The zero-order valence-corrected chi connectivity index (χ0v) is 11.9. The minimum atomic E-state index is -0.721. The minimum absolute atomic E-state index is 0.0262. The molecule has 1 unspecified atom stereocenters. The van der Waals surface area contributed by atoms with Gasteiger partial charge in [0.15, 0.2) is 23.3 Å². The summed E-state index contributed by atoms with van der Waals surface area (Å²) < 4.78 is 32.0. The average Bonchev–Trinajstić information content (AvgIpc) is 2.90. The highest BCUT2D eigenvalue weighted by molar-refractivity contribution is 5.67. The molecule has 0 bridgehead atoms. The van der Waals surface area contributed by atoms with Gasteiger partial charge >= 0.3 is 6.09 Å². The molecule has 1 saturated heterocycles. The Hall–Kier alpha value is -2.12. The number of alkyl carbamates (subject to hydrolysis) is 1. The van der Waals surface area contributed by atoms with Crippen LogP contribution in [0.3, 0.4) is 0 Å². The Morgan fingerprint density at radius 3 is 2.95 bits per heavy atom. The largest absolute Gasteiger partial charge is 0.453 e. The molecular weight excluding hydrogens is 282 g/mol. The fourth-order valence-electron chi connectivity index (χ4n) is 2.27. The first-order chi connectivity index (χ1) is 10.0. The summed E-state index contributed by atoms with van der Waals surface area (Å²) in [6, 6.07) is 0.674. The van der Waals surface area contributed by atoms with Gasteiger partial charge in [0.2, 0.25) is 0 Å². The van der Waals surface area contributed by atoms with Crippen LogP contribution >= 0.6 is 0 Å². The molecule has 1 atom stereocenters. The third kappa shape index (κ3) is 3.50. The predicted octanol–water partition coefficient (Wildman–Crippen LogP) is 1.73. The Morgan fingerprint density at radius 1 is 1.52 bits per heavy atom. The number of pyridine rings is 1. The lowest BCUT2D eigenvalue weighted by Crippen LogP contribution is -2.37. The van der Waals surface area contributed by atoms with E-state index in [0.29, 0.717) is 26.1 Å². The van der Waals surface area contributed by atoms with Gasteiger partial charge < -0.3 is 20.3 Å². The number of nitrogens with zero attached hydrogens (tertiary/aromatic N) is 2. The molecule has 116 valence electrons. The van der Waals surface area contributed by atoms with Crippen LogP contribution < -0.4 is 15.5 Å². The number of ether oxygens (including phenoxy) is 1. The van der Waals surface area contributed by atoms with Gasteiger partial charge in [0, 0.05) is 25.7 Å². The van der Waals surface area contributed by atoms with E-state index >= 15 is 0 Å². The van der Waals surface area contributed by atoms with Gasteiger partial charge in [0.05, 0.1) is 13.2 Å². The normalized spacial score (nSPS) is 17.7. The third-order valence-electron chi connectivity index (χ3n) is 3.25. The van der Waals surface area contributed by atoms with E-state index in [-0.39, 0.29) is 17.7 Å². The van der Waals surface area contributed by atoms with Crippen LogP contribution in [0.2, 0.25) is 0 Å². The van der Waals surface area contributed by atoms with Gasteiger partial charge in [-0.2, -0.15) is 0 Å². The monoisotopic (exact) mass is 300 g/mol. The molecule has 0 aliphatic carbocycles. The summed E-state index contributed by atoms with van der Waals surface area (Å²) in [7, 11) is 1.28. The van der Waals surface area contributed by atoms with Gasteiger partial charge in [0.1, 0.15) is 0 Å². The zero-order valence-electron chi connectivity index (χ0n) is 11.9. The number of amides is 1. The second-order valence-corrected chi connectivity index (χ2v) is 4.72. The van der Waals surface area contributed by atoms with Crippen LogP contribution in [0.5, 0.6) is 0 Å². The highest BCUT2D eigenvalue weighted by Crippen LogP contribution is 2.25. The van der Waals surface area contributed by atoms with E-state index in [4.69, 9.17) is 0 Å². The number of hydrogen-bond acceptors (Lipinski definition) is 5. The fraction of sp³-hybridized carbons (Fsp3) is 0.538. The molecule has 1 aliphatic heterocycles. The van der Waals surface area contributed by atoms with Crippen LogP contribution in [0.4, 0.5) is 25.2 Å².